The molecule has 13 heavy (non-hydrogen) atoms. The molecule has 0 saturated carbocycles. The Labute approximate surface area is 83.0 Å². The van der Waals surface area contributed by atoms with E-state index in [-0.39, 0.29) is 0 Å². The van der Waals surface area contributed by atoms with Gasteiger partial charge in [-0.2, -0.15) is 0 Å². The van der Waals surface area contributed by atoms with Crippen LogP contribution in [-0.4, -0.2) is 8.07 Å². The predicted octanol–water partition coefficient (Wildman–Crippen LogP) is 3.63. The van der Waals surface area contributed by atoms with Crippen molar-refractivity contribution < 1.29 is 0 Å². The standard InChI is InChI=1S/C12H19Si/c1-4-13(3,5-2)11-12-9-7-6-8-10-12/h6-10H,3-5,11H2,1-2H3. The summed E-state index contributed by atoms with van der Waals surface area (Å²) in [6, 6.07) is 14.6. The monoisotopic (exact) mass is 191 g/mol. The lowest BCUT2D eigenvalue weighted by molar-refractivity contribution is 1.18. The molecular weight excluding hydrogens is 172 g/mol. The largest absolute Gasteiger partial charge is 0.0678 e. The minimum Gasteiger partial charge on any atom is -0.0678 e. The molecule has 1 aromatic rings. The number of benzene rings is 1. The number of rotatable bonds is 4. The van der Waals surface area contributed by atoms with Crippen molar-refractivity contribution in [1.82, 2.24) is 0 Å². The van der Waals surface area contributed by atoms with Gasteiger partial charge in [-0.15, -0.1) is 0 Å². The van der Waals surface area contributed by atoms with Gasteiger partial charge in [0.15, 0.2) is 0 Å². The summed E-state index contributed by atoms with van der Waals surface area (Å²) in [6.07, 6.45) is 0. The maximum Gasteiger partial charge on any atom is 0.0571 e. The summed E-state index contributed by atoms with van der Waals surface area (Å²) in [5.74, 6) is 0. The van der Waals surface area contributed by atoms with Gasteiger partial charge in [0.25, 0.3) is 0 Å². The second-order valence-electron chi connectivity index (χ2n) is 3.87. The van der Waals surface area contributed by atoms with Crippen molar-refractivity contribution in [3.8, 4) is 0 Å². The molecule has 0 unspecified atom stereocenters. The summed E-state index contributed by atoms with van der Waals surface area (Å²) in [4.78, 5) is 0. The molecule has 1 radical (unpaired) electrons. The molecule has 0 aromatic heterocycles. The molecule has 0 heterocycles. The van der Waals surface area contributed by atoms with Crippen LogP contribution in [0.1, 0.15) is 19.4 Å². The zero-order valence-electron chi connectivity index (χ0n) is 8.72. The molecule has 0 fully saturated rings. The zero-order valence-corrected chi connectivity index (χ0v) is 9.72. The average Bonchev–Trinajstić information content (AvgIpc) is 2.19. The fourth-order valence-corrected chi connectivity index (χ4v) is 3.63. The highest BCUT2D eigenvalue weighted by molar-refractivity contribution is 6.80. The van der Waals surface area contributed by atoms with Crippen LogP contribution in [0, 0.1) is 6.55 Å². The smallest absolute Gasteiger partial charge is 0.0571 e. The zero-order chi connectivity index (χ0) is 9.73. The third-order valence-electron chi connectivity index (χ3n) is 2.92. The summed E-state index contributed by atoms with van der Waals surface area (Å²) in [7, 11) is -1.19. The topological polar surface area (TPSA) is 0 Å². The van der Waals surface area contributed by atoms with Gasteiger partial charge >= 0.3 is 0 Å². The van der Waals surface area contributed by atoms with E-state index in [4.69, 9.17) is 0 Å². The molecule has 0 saturated heterocycles. The fourth-order valence-electron chi connectivity index (χ4n) is 1.53. The second kappa shape index (κ2) is 4.61. The van der Waals surface area contributed by atoms with Gasteiger partial charge in [0.2, 0.25) is 0 Å². The van der Waals surface area contributed by atoms with E-state index in [0.717, 1.165) is 0 Å². The Kier molecular flexibility index (Phi) is 3.73. The molecule has 1 rings (SSSR count). The van der Waals surface area contributed by atoms with Gasteiger partial charge in [0.1, 0.15) is 0 Å². The van der Waals surface area contributed by atoms with E-state index in [1.54, 1.807) is 0 Å². The van der Waals surface area contributed by atoms with Gasteiger partial charge in [0.05, 0.1) is 8.07 Å². The number of hydrogen-bond acceptors (Lipinski definition) is 0. The third-order valence-corrected chi connectivity index (χ3v) is 7.08. The van der Waals surface area contributed by atoms with Crippen LogP contribution in [0.2, 0.25) is 12.1 Å². The van der Waals surface area contributed by atoms with E-state index in [9.17, 15) is 0 Å². The van der Waals surface area contributed by atoms with Gasteiger partial charge in [-0.1, -0.05) is 68.4 Å². The lowest BCUT2D eigenvalue weighted by Gasteiger charge is -2.23. The van der Waals surface area contributed by atoms with Crippen molar-refractivity contribution in [2.45, 2.75) is 32.0 Å². The maximum absolute atomic E-state index is 4.44. The average molecular weight is 191 g/mol. The van der Waals surface area contributed by atoms with E-state index in [2.05, 4.69) is 50.7 Å². The molecule has 71 valence electrons. The highest BCUT2D eigenvalue weighted by Crippen LogP contribution is 2.19. The van der Waals surface area contributed by atoms with Crippen molar-refractivity contribution in [3.05, 3.63) is 42.4 Å². The van der Waals surface area contributed by atoms with Crippen LogP contribution in [0.15, 0.2) is 30.3 Å². The molecule has 0 spiro atoms. The summed E-state index contributed by atoms with van der Waals surface area (Å²) >= 11 is 0. The van der Waals surface area contributed by atoms with Crippen LogP contribution < -0.4 is 0 Å². The van der Waals surface area contributed by atoms with Gasteiger partial charge in [-0.3, -0.25) is 0 Å². The van der Waals surface area contributed by atoms with E-state index in [1.165, 1.54) is 23.7 Å². The quantitative estimate of drug-likeness (QED) is 0.638. The van der Waals surface area contributed by atoms with Crippen LogP contribution >= 0.6 is 0 Å². The Bertz CT molecular complexity index is 237. The van der Waals surface area contributed by atoms with Crippen LogP contribution in [0.5, 0.6) is 0 Å². The van der Waals surface area contributed by atoms with Crippen LogP contribution in [-0.2, 0) is 6.04 Å². The first-order valence-corrected chi connectivity index (χ1v) is 7.92. The van der Waals surface area contributed by atoms with E-state index < -0.39 is 8.07 Å². The summed E-state index contributed by atoms with van der Waals surface area (Å²) in [5.41, 5.74) is 1.47. The van der Waals surface area contributed by atoms with Crippen LogP contribution in [0.25, 0.3) is 0 Å². The first-order valence-electron chi connectivity index (χ1n) is 5.09. The summed E-state index contributed by atoms with van der Waals surface area (Å²) < 4.78 is 0. The van der Waals surface area contributed by atoms with Gasteiger partial charge in [0, 0.05) is 0 Å². The molecule has 0 amide bonds. The normalized spacial score (nSPS) is 11.6. The van der Waals surface area contributed by atoms with Crippen molar-refractivity contribution in [2.24, 2.45) is 0 Å². The Hall–Kier alpha value is -0.563. The molecule has 1 aromatic carbocycles. The minimum atomic E-state index is -1.19. The second-order valence-corrected chi connectivity index (χ2v) is 8.64. The van der Waals surface area contributed by atoms with Gasteiger partial charge in [-0.25, -0.2) is 0 Å². The Morgan fingerprint density at radius 1 is 1.08 bits per heavy atom. The molecule has 0 N–H and O–H groups in total. The number of hydrogen-bond donors (Lipinski definition) is 0. The fraction of sp³-hybridized carbons (Fsp3) is 0.417. The van der Waals surface area contributed by atoms with Crippen molar-refractivity contribution in [3.63, 3.8) is 0 Å². The van der Waals surface area contributed by atoms with Crippen LogP contribution in [0.4, 0.5) is 0 Å². The molecule has 0 bridgehead atoms. The lowest BCUT2D eigenvalue weighted by Crippen LogP contribution is -2.32. The predicted molar refractivity (Wildman–Crippen MR) is 62.2 cm³/mol. The van der Waals surface area contributed by atoms with Gasteiger partial charge < -0.3 is 0 Å². The maximum atomic E-state index is 4.44. The van der Waals surface area contributed by atoms with Gasteiger partial charge in [-0.05, 0) is 6.04 Å². The van der Waals surface area contributed by atoms with E-state index in [1.807, 2.05) is 0 Å². The molecule has 0 aliphatic carbocycles. The molecule has 0 atom stereocenters. The van der Waals surface area contributed by atoms with Crippen molar-refractivity contribution in [2.75, 3.05) is 0 Å². The highest BCUT2D eigenvalue weighted by Gasteiger charge is 2.22. The molecular formula is C12H19Si. The molecule has 0 aliphatic heterocycles. The van der Waals surface area contributed by atoms with Crippen molar-refractivity contribution >= 4 is 8.07 Å². The highest BCUT2D eigenvalue weighted by atomic mass is 28.3. The molecule has 1 heteroatoms. The molecule has 0 nitrogen and oxygen atoms in total. The SMILES string of the molecule is [CH2][Si](CC)(CC)Cc1ccccc1. The first kappa shape index (κ1) is 10.5. The third kappa shape index (κ3) is 3.00. The summed E-state index contributed by atoms with van der Waals surface area (Å²) in [5, 5.41) is 0. The minimum absolute atomic E-state index is 1.19. The van der Waals surface area contributed by atoms with Crippen molar-refractivity contribution in [1.29, 1.82) is 0 Å². The van der Waals surface area contributed by atoms with E-state index in [0.29, 0.717) is 0 Å². The Balaban J connectivity index is 2.68. The Morgan fingerprint density at radius 2 is 1.62 bits per heavy atom. The first-order chi connectivity index (χ1) is 6.20. The van der Waals surface area contributed by atoms with E-state index >= 15 is 0 Å². The van der Waals surface area contributed by atoms with Crippen LogP contribution in [0.3, 0.4) is 0 Å². The lowest BCUT2D eigenvalue weighted by atomic mass is 10.2. The summed E-state index contributed by atoms with van der Waals surface area (Å²) in [6.45, 7) is 9.01. The Morgan fingerprint density at radius 3 is 2.08 bits per heavy atom. The molecule has 0 aliphatic rings.